The van der Waals surface area contributed by atoms with Crippen molar-refractivity contribution in [2.75, 3.05) is 11.5 Å². The SMILES string of the molecule is Cc1cc(CNC2CCCSC2)ccc1Br. The van der Waals surface area contributed by atoms with Crippen molar-refractivity contribution in [1.82, 2.24) is 5.32 Å². The smallest absolute Gasteiger partial charge is 0.0208 e. The molecule has 3 heteroatoms. The van der Waals surface area contributed by atoms with Crippen LogP contribution < -0.4 is 5.32 Å². The van der Waals surface area contributed by atoms with Crippen LogP contribution in [0.2, 0.25) is 0 Å². The average Bonchev–Trinajstić information content (AvgIpc) is 2.32. The van der Waals surface area contributed by atoms with Gasteiger partial charge in [-0.25, -0.2) is 0 Å². The number of aryl methyl sites for hydroxylation is 1. The van der Waals surface area contributed by atoms with Crippen LogP contribution >= 0.6 is 27.7 Å². The summed E-state index contributed by atoms with van der Waals surface area (Å²) in [5.74, 6) is 2.62. The lowest BCUT2D eigenvalue weighted by atomic mass is 10.1. The topological polar surface area (TPSA) is 12.0 Å². The summed E-state index contributed by atoms with van der Waals surface area (Å²) in [6, 6.07) is 7.30. The van der Waals surface area contributed by atoms with E-state index in [0.29, 0.717) is 6.04 Å². The summed E-state index contributed by atoms with van der Waals surface area (Å²) in [7, 11) is 0. The molecule has 88 valence electrons. The highest BCUT2D eigenvalue weighted by Crippen LogP contribution is 2.19. The van der Waals surface area contributed by atoms with Crippen LogP contribution in [0.1, 0.15) is 24.0 Å². The first-order valence-corrected chi connectivity index (χ1v) is 7.76. The van der Waals surface area contributed by atoms with Crippen LogP contribution in [0.15, 0.2) is 22.7 Å². The van der Waals surface area contributed by atoms with E-state index in [1.807, 2.05) is 0 Å². The summed E-state index contributed by atoms with van der Waals surface area (Å²) in [6.07, 6.45) is 2.70. The van der Waals surface area contributed by atoms with Crippen molar-refractivity contribution in [3.05, 3.63) is 33.8 Å². The summed E-state index contributed by atoms with van der Waals surface area (Å²) in [4.78, 5) is 0. The zero-order valence-corrected chi connectivity index (χ0v) is 12.0. The van der Waals surface area contributed by atoms with Crippen molar-refractivity contribution in [3.8, 4) is 0 Å². The van der Waals surface area contributed by atoms with Crippen molar-refractivity contribution in [3.63, 3.8) is 0 Å². The fourth-order valence-corrected chi connectivity index (χ4v) is 3.33. The lowest BCUT2D eigenvalue weighted by molar-refractivity contribution is 0.507. The van der Waals surface area contributed by atoms with Crippen LogP contribution in [-0.4, -0.2) is 17.5 Å². The predicted octanol–water partition coefficient (Wildman–Crippen LogP) is 3.74. The highest BCUT2D eigenvalue weighted by molar-refractivity contribution is 9.10. The second kappa shape index (κ2) is 6.08. The summed E-state index contributed by atoms with van der Waals surface area (Å²) in [5.41, 5.74) is 2.70. The van der Waals surface area contributed by atoms with Gasteiger partial charge in [-0.05, 0) is 42.7 Å². The summed E-state index contributed by atoms with van der Waals surface area (Å²) in [6.45, 7) is 3.14. The summed E-state index contributed by atoms with van der Waals surface area (Å²) < 4.78 is 1.20. The third-order valence-corrected chi connectivity index (χ3v) is 5.08. The van der Waals surface area contributed by atoms with Gasteiger partial charge in [0.05, 0.1) is 0 Å². The van der Waals surface area contributed by atoms with Crippen LogP contribution in [0.25, 0.3) is 0 Å². The molecular formula is C13H18BrNS. The molecule has 1 nitrogen and oxygen atoms in total. The van der Waals surface area contributed by atoms with Gasteiger partial charge in [-0.2, -0.15) is 11.8 Å². The van der Waals surface area contributed by atoms with Crippen molar-refractivity contribution in [1.29, 1.82) is 0 Å². The van der Waals surface area contributed by atoms with Gasteiger partial charge in [0, 0.05) is 22.8 Å². The van der Waals surface area contributed by atoms with E-state index in [0.717, 1.165) is 6.54 Å². The Kier molecular flexibility index (Phi) is 4.74. The molecule has 0 aromatic heterocycles. The molecule has 1 heterocycles. The van der Waals surface area contributed by atoms with E-state index in [1.54, 1.807) is 0 Å². The molecule has 1 fully saturated rings. The Bertz CT molecular complexity index is 348. The summed E-state index contributed by atoms with van der Waals surface area (Å²) >= 11 is 5.61. The number of hydrogen-bond acceptors (Lipinski definition) is 2. The van der Waals surface area contributed by atoms with Gasteiger partial charge < -0.3 is 5.32 Å². The molecule has 1 aromatic rings. The third kappa shape index (κ3) is 3.51. The number of hydrogen-bond donors (Lipinski definition) is 1. The van der Waals surface area contributed by atoms with Crippen molar-refractivity contribution < 1.29 is 0 Å². The van der Waals surface area contributed by atoms with E-state index in [1.165, 1.54) is 39.9 Å². The average molecular weight is 300 g/mol. The van der Waals surface area contributed by atoms with Crippen LogP contribution in [-0.2, 0) is 6.54 Å². The highest BCUT2D eigenvalue weighted by Gasteiger charge is 2.12. The minimum Gasteiger partial charge on any atom is -0.309 e. The van der Waals surface area contributed by atoms with E-state index in [9.17, 15) is 0 Å². The van der Waals surface area contributed by atoms with E-state index in [2.05, 4.69) is 58.1 Å². The number of rotatable bonds is 3. The van der Waals surface area contributed by atoms with Crippen LogP contribution in [0.5, 0.6) is 0 Å². The number of benzene rings is 1. The van der Waals surface area contributed by atoms with Crippen LogP contribution in [0.4, 0.5) is 0 Å². The molecule has 1 aliphatic heterocycles. The van der Waals surface area contributed by atoms with Crippen molar-refractivity contribution in [2.24, 2.45) is 0 Å². The first-order valence-electron chi connectivity index (χ1n) is 5.82. The van der Waals surface area contributed by atoms with Gasteiger partial charge in [0.1, 0.15) is 0 Å². The molecule has 0 amide bonds. The van der Waals surface area contributed by atoms with Crippen LogP contribution in [0.3, 0.4) is 0 Å². The minimum absolute atomic E-state index is 0.711. The first-order chi connectivity index (χ1) is 7.75. The molecule has 1 aliphatic rings. The van der Waals surface area contributed by atoms with E-state index < -0.39 is 0 Å². The first kappa shape index (κ1) is 12.5. The number of nitrogens with one attached hydrogen (secondary N) is 1. The van der Waals surface area contributed by atoms with Gasteiger partial charge in [0.2, 0.25) is 0 Å². The second-order valence-corrected chi connectivity index (χ2v) is 6.38. The lowest BCUT2D eigenvalue weighted by Crippen LogP contribution is -2.33. The predicted molar refractivity (Wildman–Crippen MR) is 76.1 cm³/mol. The molecule has 1 atom stereocenters. The Morgan fingerprint density at radius 1 is 1.50 bits per heavy atom. The molecule has 0 saturated carbocycles. The Hall–Kier alpha value is 0.01000. The molecule has 1 N–H and O–H groups in total. The monoisotopic (exact) mass is 299 g/mol. The zero-order chi connectivity index (χ0) is 11.4. The number of thioether (sulfide) groups is 1. The fourth-order valence-electron chi connectivity index (χ4n) is 1.98. The van der Waals surface area contributed by atoms with Crippen molar-refractivity contribution in [2.45, 2.75) is 32.4 Å². The Morgan fingerprint density at radius 2 is 2.38 bits per heavy atom. The van der Waals surface area contributed by atoms with Gasteiger partial charge in [-0.1, -0.05) is 28.1 Å². The maximum Gasteiger partial charge on any atom is 0.0208 e. The molecule has 1 unspecified atom stereocenters. The largest absolute Gasteiger partial charge is 0.309 e. The quantitative estimate of drug-likeness (QED) is 0.912. The third-order valence-electron chi connectivity index (χ3n) is 2.98. The normalized spacial score (nSPS) is 21.0. The second-order valence-electron chi connectivity index (χ2n) is 4.38. The fraction of sp³-hybridized carbons (Fsp3) is 0.538. The molecule has 1 aromatic carbocycles. The van der Waals surface area contributed by atoms with Gasteiger partial charge in [0.15, 0.2) is 0 Å². The van der Waals surface area contributed by atoms with Crippen molar-refractivity contribution >= 4 is 27.7 Å². The molecular weight excluding hydrogens is 282 g/mol. The van der Waals surface area contributed by atoms with Gasteiger partial charge >= 0.3 is 0 Å². The zero-order valence-electron chi connectivity index (χ0n) is 9.63. The molecule has 16 heavy (non-hydrogen) atoms. The van der Waals surface area contributed by atoms with E-state index in [4.69, 9.17) is 0 Å². The highest BCUT2D eigenvalue weighted by atomic mass is 79.9. The standard InChI is InChI=1S/C13H18BrNS/c1-10-7-11(4-5-13(10)14)8-15-12-3-2-6-16-9-12/h4-5,7,12,15H,2-3,6,8-9H2,1H3. The van der Waals surface area contributed by atoms with Crippen LogP contribution in [0, 0.1) is 6.92 Å². The van der Waals surface area contributed by atoms with Gasteiger partial charge in [-0.15, -0.1) is 0 Å². The molecule has 0 bridgehead atoms. The number of halogens is 1. The maximum atomic E-state index is 3.65. The molecule has 0 aliphatic carbocycles. The molecule has 0 radical (unpaired) electrons. The minimum atomic E-state index is 0.711. The van der Waals surface area contributed by atoms with Gasteiger partial charge in [-0.3, -0.25) is 0 Å². The van der Waals surface area contributed by atoms with Gasteiger partial charge in [0.25, 0.3) is 0 Å². The Morgan fingerprint density at radius 3 is 3.06 bits per heavy atom. The van der Waals surface area contributed by atoms with E-state index in [-0.39, 0.29) is 0 Å². The molecule has 2 rings (SSSR count). The molecule has 0 spiro atoms. The lowest BCUT2D eigenvalue weighted by Gasteiger charge is -2.22. The maximum absolute atomic E-state index is 3.65. The Labute approximate surface area is 111 Å². The van der Waals surface area contributed by atoms with E-state index >= 15 is 0 Å². The molecule has 1 saturated heterocycles. The Balaban J connectivity index is 1.86. The summed E-state index contributed by atoms with van der Waals surface area (Å²) in [5, 5.41) is 3.65.